The number of sulfonamides is 1. The summed E-state index contributed by atoms with van der Waals surface area (Å²) >= 11 is 0. The van der Waals surface area contributed by atoms with E-state index >= 15 is 0 Å². The lowest BCUT2D eigenvalue weighted by Gasteiger charge is -2.34. The molecule has 0 aliphatic carbocycles. The second kappa shape index (κ2) is 10.3. The van der Waals surface area contributed by atoms with Crippen molar-refractivity contribution in [3.05, 3.63) is 60.5 Å². The van der Waals surface area contributed by atoms with Crippen molar-refractivity contribution in [2.24, 2.45) is 0 Å². The minimum atomic E-state index is -3.71. The third-order valence-electron chi connectivity index (χ3n) is 5.71. The van der Waals surface area contributed by atoms with Gasteiger partial charge in [-0.3, -0.25) is 9.69 Å². The lowest BCUT2D eigenvalue weighted by atomic mass is 10.2. The van der Waals surface area contributed by atoms with E-state index in [0.717, 1.165) is 15.6 Å². The summed E-state index contributed by atoms with van der Waals surface area (Å²) in [4.78, 5) is 21.2. The highest BCUT2D eigenvalue weighted by Crippen LogP contribution is 2.20. The highest BCUT2D eigenvalue weighted by molar-refractivity contribution is 7.89. The second-order valence-electron chi connectivity index (χ2n) is 7.97. The fourth-order valence-corrected chi connectivity index (χ4v) is 4.81. The zero-order valence-corrected chi connectivity index (χ0v) is 19.9. The first-order valence-electron chi connectivity index (χ1n) is 10.9. The van der Waals surface area contributed by atoms with Crippen LogP contribution in [0.3, 0.4) is 0 Å². The van der Waals surface area contributed by atoms with Gasteiger partial charge in [0.05, 0.1) is 25.1 Å². The van der Waals surface area contributed by atoms with Crippen molar-refractivity contribution >= 4 is 15.9 Å². The summed E-state index contributed by atoms with van der Waals surface area (Å²) in [6.07, 6.45) is 0. The van der Waals surface area contributed by atoms with Gasteiger partial charge in [0.25, 0.3) is 0 Å². The lowest BCUT2D eigenvalue weighted by molar-refractivity contribution is -0.133. The summed E-state index contributed by atoms with van der Waals surface area (Å²) in [5.74, 6) is 1.54. The number of carbonyl (C=O) groups is 1. The monoisotopic (exact) mass is 485 g/mol. The molecule has 3 aromatic rings. The molecule has 1 saturated heterocycles. The Morgan fingerprint density at radius 3 is 2.38 bits per heavy atom. The number of rotatable bonds is 8. The Morgan fingerprint density at radius 2 is 1.74 bits per heavy atom. The molecular weight excluding hydrogens is 458 g/mol. The topological polar surface area (TPSA) is 109 Å². The third kappa shape index (κ3) is 5.44. The summed E-state index contributed by atoms with van der Waals surface area (Å²) in [7, 11) is -0.674. The fourth-order valence-electron chi connectivity index (χ4n) is 3.67. The Kier molecular flexibility index (Phi) is 7.25. The predicted octanol–water partition coefficient (Wildman–Crippen LogP) is 1.71. The maximum Gasteiger partial charge on any atom is 0.243 e. The van der Waals surface area contributed by atoms with Crippen molar-refractivity contribution in [3.63, 3.8) is 0 Å². The molecule has 1 amide bonds. The third-order valence-corrected chi connectivity index (χ3v) is 7.53. The van der Waals surface area contributed by atoms with Gasteiger partial charge in [0.2, 0.25) is 27.6 Å². The highest BCUT2D eigenvalue weighted by Gasteiger charge is 2.27. The maximum absolute atomic E-state index is 12.7. The van der Waals surface area contributed by atoms with E-state index in [1.807, 2.05) is 24.3 Å². The van der Waals surface area contributed by atoms with Gasteiger partial charge in [0, 0.05) is 38.8 Å². The number of hydrogen-bond donors (Lipinski definition) is 0. The molecule has 1 aliphatic heterocycles. The van der Waals surface area contributed by atoms with Gasteiger partial charge in [-0.15, -0.1) is 0 Å². The molecule has 2 aromatic carbocycles. The zero-order valence-electron chi connectivity index (χ0n) is 19.1. The molecule has 34 heavy (non-hydrogen) atoms. The molecule has 0 N–H and O–H groups in total. The number of benzene rings is 2. The van der Waals surface area contributed by atoms with Gasteiger partial charge in [-0.1, -0.05) is 23.4 Å². The Bertz CT molecular complexity index is 1210. The van der Waals surface area contributed by atoms with Crippen LogP contribution in [0.2, 0.25) is 0 Å². The summed E-state index contributed by atoms with van der Waals surface area (Å²) in [6.45, 7) is 2.52. The number of nitrogens with zero attached hydrogens (tertiary/aromatic N) is 5. The van der Waals surface area contributed by atoms with Crippen molar-refractivity contribution in [3.8, 4) is 17.1 Å². The van der Waals surface area contributed by atoms with Crippen LogP contribution < -0.4 is 4.74 Å². The smallest absolute Gasteiger partial charge is 0.243 e. The minimum Gasteiger partial charge on any atom is -0.497 e. The van der Waals surface area contributed by atoms with Crippen LogP contribution in [-0.2, 0) is 21.4 Å². The molecule has 0 bridgehead atoms. The number of ether oxygens (including phenoxy) is 1. The van der Waals surface area contributed by atoms with Crippen LogP contribution >= 0.6 is 0 Å². The van der Waals surface area contributed by atoms with Gasteiger partial charge in [-0.05, 0) is 36.4 Å². The van der Waals surface area contributed by atoms with E-state index in [9.17, 15) is 13.2 Å². The molecule has 1 fully saturated rings. The molecule has 0 radical (unpaired) electrons. The van der Waals surface area contributed by atoms with Crippen molar-refractivity contribution in [1.82, 2.24) is 24.2 Å². The quantitative estimate of drug-likeness (QED) is 0.474. The first-order chi connectivity index (χ1) is 16.4. The SMILES string of the molecule is COc1ccc(-c2noc(CN3CCN(C(=O)CN(C)S(=O)(=O)c4ccccc4)CC3)n2)cc1. The molecule has 1 aromatic heterocycles. The van der Waals surface area contributed by atoms with E-state index in [0.29, 0.717) is 44.4 Å². The molecule has 0 atom stereocenters. The molecule has 1 aliphatic rings. The summed E-state index contributed by atoms with van der Waals surface area (Å²) in [6, 6.07) is 15.5. The summed E-state index contributed by atoms with van der Waals surface area (Å²) in [5.41, 5.74) is 0.834. The van der Waals surface area contributed by atoms with E-state index in [4.69, 9.17) is 9.26 Å². The average Bonchev–Trinajstić information content (AvgIpc) is 3.33. The molecule has 0 saturated carbocycles. The number of amides is 1. The van der Waals surface area contributed by atoms with E-state index < -0.39 is 10.0 Å². The number of carbonyl (C=O) groups excluding carboxylic acids is 1. The van der Waals surface area contributed by atoms with Crippen LogP contribution in [0.15, 0.2) is 64.0 Å². The van der Waals surface area contributed by atoms with Crippen LogP contribution in [0, 0.1) is 0 Å². The van der Waals surface area contributed by atoms with Gasteiger partial charge in [0.1, 0.15) is 5.75 Å². The summed E-state index contributed by atoms with van der Waals surface area (Å²) in [5, 5.41) is 4.05. The van der Waals surface area contributed by atoms with Gasteiger partial charge in [-0.25, -0.2) is 8.42 Å². The maximum atomic E-state index is 12.7. The fraction of sp³-hybridized carbons (Fsp3) is 0.348. The van der Waals surface area contributed by atoms with Crippen LogP contribution in [0.4, 0.5) is 0 Å². The van der Waals surface area contributed by atoms with Crippen LogP contribution in [0.5, 0.6) is 5.75 Å². The lowest BCUT2D eigenvalue weighted by Crippen LogP contribution is -2.51. The molecule has 0 spiro atoms. The van der Waals surface area contributed by atoms with Gasteiger partial charge in [0.15, 0.2) is 0 Å². The standard InChI is InChI=1S/C23H27N5O5S/c1-26(34(30,31)20-6-4-3-5-7-20)17-22(29)28-14-12-27(13-15-28)16-21-24-23(25-33-21)18-8-10-19(32-2)11-9-18/h3-11H,12-17H2,1-2H3. The van der Waals surface area contributed by atoms with E-state index in [2.05, 4.69) is 15.0 Å². The van der Waals surface area contributed by atoms with E-state index in [-0.39, 0.29) is 17.3 Å². The van der Waals surface area contributed by atoms with Crippen molar-refractivity contribution in [2.75, 3.05) is 46.9 Å². The van der Waals surface area contributed by atoms with Crippen LogP contribution in [0.25, 0.3) is 11.4 Å². The largest absolute Gasteiger partial charge is 0.497 e. The number of aromatic nitrogens is 2. The number of hydrogen-bond acceptors (Lipinski definition) is 8. The first-order valence-corrected chi connectivity index (χ1v) is 12.3. The number of likely N-dealkylation sites (N-methyl/N-ethyl adjacent to an activating group) is 1. The number of piperazine rings is 1. The van der Waals surface area contributed by atoms with E-state index in [1.165, 1.54) is 19.2 Å². The average molecular weight is 486 g/mol. The highest BCUT2D eigenvalue weighted by atomic mass is 32.2. The molecular formula is C23H27N5O5S. The Hall–Kier alpha value is -3.28. The predicted molar refractivity (Wildman–Crippen MR) is 124 cm³/mol. The molecule has 10 nitrogen and oxygen atoms in total. The van der Waals surface area contributed by atoms with Crippen LogP contribution in [0.1, 0.15) is 5.89 Å². The van der Waals surface area contributed by atoms with Crippen molar-refractivity contribution in [2.45, 2.75) is 11.4 Å². The zero-order chi connectivity index (χ0) is 24.1. The Balaban J connectivity index is 1.28. The molecule has 180 valence electrons. The first kappa shape index (κ1) is 23.9. The van der Waals surface area contributed by atoms with Crippen molar-refractivity contribution in [1.29, 1.82) is 0 Å². The van der Waals surface area contributed by atoms with Crippen molar-refractivity contribution < 1.29 is 22.5 Å². The normalized spacial score (nSPS) is 15.0. The molecule has 0 unspecified atom stereocenters. The van der Waals surface area contributed by atoms with Crippen LogP contribution in [-0.4, -0.2) is 85.5 Å². The summed E-state index contributed by atoms with van der Waals surface area (Å²) < 4.78 is 37.0. The molecule has 2 heterocycles. The van der Waals surface area contributed by atoms with Gasteiger partial charge < -0.3 is 14.2 Å². The van der Waals surface area contributed by atoms with Gasteiger partial charge in [-0.2, -0.15) is 9.29 Å². The molecule has 11 heteroatoms. The Morgan fingerprint density at radius 1 is 1.06 bits per heavy atom. The van der Waals surface area contributed by atoms with E-state index in [1.54, 1.807) is 30.2 Å². The molecule has 4 rings (SSSR count). The minimum absolute atomic E-state index is 0.170. The Labute approximate surface area is 198 Å². The van der Waals surface area contributed by atoms with Gasteiger partial charge >= 0.3 is 0 Å². The second-order valence-corrected chi connectivity index (χ2v) is 10.0. The number of methoxy groups -OCH3 is 1.